The van der Waals surface area contributed by atoms with Crippen LogP contribution in [0.5, 0.6) is 0 Å². The van der Waals surface area contributed by atoms with E-state index in [0.717, 1.165) is 13.1 Å². The number of fused-ring (bicyclic) bond motifs is 1. The first kappa shape index (κ1) is 13.8. The van der Waals surface area contributed by atoms with Crippen LogP contribution in [0.3, 0.4) is 0 Å². The van der Waals surface area contributed by atoms with Gasteiger partial charge in [-0.05, 0) is 11.6 Å². The molecule has 2 aliphatic heterocycles. The van der Waals surface area contributed by atoms with E-state index < -0.39 is 0 Å². The molecule has 0 aromatic heterocycles. The zero-order valence-electron chi connectivity index (χ0n) is 11.3. The van der Waals surface area contributed by atoms with Gasteiger partial charge in [-0.15, -0.1) is 11.8 Å². The van der Waals surface area contributed by atoms with Crippen molar-refractivity contribution >= 4 is 23.5 Å². The van der Waals surface area contributed by atoms with Crippen LogP contribution in [0.2, 0.25) is 0 Å². The van der Waals surface area contributed by atoms with Crippen molar-refractivity contribution in [3.05, 3.63) is 29.8 Å². The Kier molecular flexibility index (Phi) is 5.10. The van der Waals surface area contributed by atoms with Crippen LogP contribution in [0, 0.1) is 0 Å². The predicted octanol–water partition coefficient (Wildman–Crippen LogP) is 2.51. The predicted molar refractivity (Wildman–Crippen MR) is 86.5 cm³/mol. The quantitative estimate of drug-likeness (QED) is 0.839. The van der Waals surface area contributed by atoms with E-state index in [-0.39, 0.29) is 0 Å². The second-order valence-electron chi connectivity index (χ2n) is 5.20. The summed E-state index contributed by atoms with van der Waals surface area (Å²) in [5.41, 5.74) is 1.55. The Balaban J connectivity index is 1.39. The first-order valence-corrected chi connectivity index (χ1v) is 9.30. The molecule has 4 heteroatoms. The van der Waals surface area contributed by atoms with Gasteiger partial charge < -0.3 is 10.2 Å². The van der Waals surface area contributed by atoms with Gasteiger partial charge in [0.2, 0.25) is 0 Å². The van der Waals surface area contributed by atoms with Crippen LogP contribution in [0.25, 0.3) is 0 Å². The molecule has 1 N–H and O–H groups in total. The molecule has 1 saturated heterocycles. The topological polar surface area (TPSA) is 15.3 Å². The first-order chi connectivity index (χ1) is 9.43. The Hall–Kier alpha value is -0.160. The maximum atomic E-state index is 3.65. The Morgan fingerprint density at radius 3 is 2.95 bits per heavy atom. The Morgan fingerprint density at radius 2 is 2.05 bits per heavy atom. The third-order valence-corrected chi connectivity index (χ3v) is 6.09. The van der Waals surface area contributed by atoms with Gasteiger partial charge in [0, 0.05) is 60.8 Å². The molecular weight excluding hydrogens is 272 g/mol. The second-order valence-corrected chi connectivity index (χ2v) is 7.49. The van der Waals surface area contributed by atoms with E-state index in [0.29, 0.717) is 5.92 Å². The van der Waals surface area contributed by atoms with E-state index in [2.05, 4.69) is 46.2 Å². The van der Waals surface area contributed by atoms with Crippen LogP contribution >= 0.6 is 23.5 Å². The lowest BCUT2D eigenvalue weighted by Crippen LogP contribution is -2.38. The molecule has 0 saturated carbocycles. The molecule has 1 fully saturated rings. The lowest BCUT2D eigenvalue weighted by Gasteiger charge is -2.26. The van der Waals surface area contributed by atoms with Crippen molar-refractivity contribution in [2.24, 2.45) is 0 Å². The summed E-state index contributed by atoms with van der Waals surface area (Å²) in [5.74, 6) is 4.57. The van der Waals surface area contributed by atoms with Gasteiger partial charge in [-0.3, -0.25) is 0 Å². The van der Waals surface area contributed by atoms with Crippen LogP contribution in [0.4, 0.5) is 0 Å². The number of hydrogen-bond donors (Lipinski definition) is 1. The Morgan fingerprint density at radius 1 is 1.21 bits per heavy atom. The summed E-state index contributed by atoms with van der Waals surface area (Å²) in [6, 6.07) is 8.87. The molecular formula is C15H22N2S2. The molecule has 0 radical (unpaired) electrons. The third kappa shape index (κ3) is 3.69. The lowest BCUT2D eigenvalue weighted by atomic mass is 10.0. The highest BCUT2D eigenvalue weighted by atomic mass is 32.2. The molecule has 1 atom stereocenters. The monoisotopic (exact) mass is 294 g/mol. The fourth-order valence-corrected chi connectivity index (χ4v) is 4.97. The van der Waals surface area contributed by atoms with E-state index in [1.807, 2.05) is 11.8 Å². The maximum Gasteiger partial charge on any atom is 0.0108 e. The number of hydrogen-bond acceptors (Lipinski definition) is 4. The van der Waals surface area contributed by atoms with E-state index in [1.165, 1.54) is 41.8 Å². The minimum Gasteiger partial charge on any atom is -0.315 e. The maximum absolute atomic E-state index is 3.65. The summed E-state index contributed by atoms with van der Waals surface area (Å²) in [4.78, 5) is 4.07. The molecule has 2 heterocycles. The van der Waals surface area contributed by atoms with Gasteiger partial charge in [0.05, 0.1) is 0 Å². The van der Waals surface area contributed by atoms with Gasteiger partial charge >= 0.3 is 0 Å². The molecule has 1 unspecified atom stereocenters. The summed E-state index contributed by atoms with van der Waals surface area (Å²) in [6.07, 6.45) is 0. The van der Waals surface area contributed by atoms with Gasteiger partial charge in [0.1, 0.15) is 0 Å². The highest BCUT2D eigenvalue weighted by molar-refractivity contribution is 7.99. The fourth-order valence-electron chi connectivity index (χ4n) is 2.74. The van der Waals surface area contributed by atoms with E-state index in [4.69, 9.17) is 0 Å². The van der Waals surface area contributed by atoms with Gasteiger partial charge in [-0.2, -0.15) is 11.8 Å². The minimum absolute atomic E-state index is 0.707. The van der Waals surface area contributed by atoms with Gasteiger partial charge in [0.25, 0.3) is 0 Å². The standard InChI is InChI=1S/C15H22N2S2/c1-2-4-15-14(3-1)13(12-19-15)11-16-5-6-17-7-9-18-10-8-17/h1-4,13,16H,5-12H2. The first-order valence-electron chi connectivity index (χ1n) is 7.16. The van der Waals surface area contributed by atoms with Crippen molar-refractivity contribution in [3.8, 4) is 0 Å². The van der Waals surface area contributed by atoms with Crippen LogP contribution in [-0.4, -0.2) is 54.9 Å². The molecule has 3 rings (SSSR count). The number of thioether (sulfide) groups is 2. The van der Waals surface area contributed by atoms with Crippen molar-refractivity contribution in [1.82, 2.24) is 10.2 Å². The molecule has 0 spiro atoms. The molecule has 2 aliphatic rings. The normalized spacial score (nSPS) is 23.5. The Bertz CT molecular complexity index is 405. The summed E-state index contributed by atoms with van der Waals surface area (Å²) < 4.78 is 0. The third-order valence-electron chi connectivity index (χ3n) is 3.90. The van der Waals surface area contributed by atoms with E-state index in [9.17, 15) is 0 Å². The zero-order valence-corrected chi connectivity index (χ0v) is 12.9. The highest BCUT2D eigenvalue weighted by Crippen LogP contribution is 2.38. The molecule has 1 aromatic carbocycles. The van der Waals surface area contributed by atoms with Crippen LogP contribution in [0.15, 0.2) is 29.2 Å². The number of nitrogens with zero attached hydrogens (tertiary/aromatic N) is 1. The molecule has 2 nitrogen and oxygen atoms in total. The zero-order chi connectivity index (χ0) is 12.9. The SMILES string of the molecule is c1ccc2c(c1)SCC2CNCCN1CCSCC1. The smallest absolute Gasteiger partial charge is 0.0108 e. The van der Waals surface area contributed by atoms with Crippen molar-refractivity contribution in [2.75, 3.05) is 50.0 Å². The van der Waals surface area contributed by atoms with Crippen molar-refractivity contribution < 1.29 is 0 Å². The van der Waals surface area contributed by atoms with E-state index in [1.54, 1.807) is 5.56 Å². The lowest BCUT2D eigenvalue weighted by molar-refractivity contribution is 0.300. The van der Waals surface area contributed by atoms with Crippen molar-refractivity contribution in [2.45, 2.75) is 10.8 Å². The second kappa shape index (κ2) is 7.02. The van der Waals surface area contributed by atoms with E-state index >= 15 is 0 Å². The van der Waals surface area contributed by atoms with Gasteiger partial charge in [0.15, 0.2) is 0 Å². The van der Waals surface area contributed by atoms with Gasteiger partial charge in [-0.25, -0.2) is 0 Å². The summed E-state index contributed by atoms with van der Waals surface area (Å²) >= 11 is 4.09. The molecule has 1 aromatic rings. The minimum atomic E-state index is 0.707. The summed E-state index contributed by atoms with van der Waals surface area (Å²) in [7, 11) is 0. The fraction of sp³-hybridized carbons (Fsp3) is 0.600. The largest absolute Gasteiger partial charge is 0.315 e. The van der Waals surface area contributed by atoms with Crippen molar-refractivity contribution in [1.29, 1.82) is 0 Å². The number of rotatable bonds is 5. The number of nitrogens with one attached hydrogen (secondary N) is 1. The molecule has 0 aliphatic carbocycles. The molecule has 104 valence electrons. The van der Waals surface area contributed by atoms with Crippen molar-refractivity contribution in [3.63, 3.8) is 0 Å². The molecule has 19 heavy (non-hydrogen) atoms. The highest BCUT2D eigenvalue weighted by Gasteiger charge is 2.21. The number of benzene rings is 1. The molecule has 0 bridgehead atoms. The van der Waals surface area contributed by atoms with Crippen LogP contribution in [-0.2, 0) is 0 Å². The Labute approximate surface area is 124 Å². The summed E-state index contributed by atoms with van der Waals surface area (Å²) in [5, 5.41) is 3.65. The van der Waals surface area contributed by atoms with Gasteiger partial charge in [-0.1, -0.05) is 18.2 Å². The van der Waals surface area contributed by atoms with Crippen LogP contribution in [0.1, 0.15) is 11.5 Å². The summed E-state index contributed by atoms with van der Waals surface area (Å²) in [6.45, 7) is 6.02. The molecule has 0 amide bonds. The average molecular weight is 294 g/mol. The average Bonchev–Trinajstić information content (AvgIpc) is 2.88. The van der Waals surface area contributed by atoms with Crippen LogP contribution < -0.4 is 5.32 Å².